The molecule has 53 heavy (non-hydrogen) atoms. The maximum absolute atomic E-state index is 13.9. The highest BCUT2D eigenvalue weighted by molar-refractivity contribution is 6.01. The van der Waals surface area contributed by atoms with Gasteiger partial charge < -0.3 is 24.7 Å². The number of nitrogens with one attached hydrogen (secondary N) is 2. The second kappa shape index (κ2) is 15.5. The molecular weight excluding hydrogens is 667 g/mol. The second-order valence-electron chi connectivity index (χ2n) is 15.3. The molecule has 2 aliphatic rings. The van der Waals surface area contributed by atoms with Gasteiger partial charge in [0.1, 0.15) is 22.7 Å². The van der Waals surface area contributed by atoms with Crippen molar-refractivity contribution in [2.45, 2.75) is 110 Å². The van der Waals surface area contributed by atoms with Crippen LogP contribution in [-0.2, 0) is 16.0 Å². The van der Waals surface area contributed by atoms with Gasteiger partial charge in [0.15, 0.2) is 12.1 Å². The first-order chi connectivity index (χ1) is 25.6. The third kappa shape index (κ3) is 8.00. The molecule has 4 heterocycles. The molecule has 1 saturated heterocycles. The van der Waals surface area contributed by atoms with Crippen LogP contribution in [-0.4, -0.2) is 66.4 Å². The molecule has 2 fully saturated rings. The number of nitrogens with zero attached hydrogens (tertiary/aromatic N) is 5. The van der Waals surface area contributed by atoms with Crippen molar-refractivity contribution < 1.29 is 19.1 Å². The van der Waals surface area contributed by atoms with Crippen LogP contribution in [0.4, 0.5) is 4.79 Å². The Morgan fingerprint density at radius 1 is 0.981 bits per heavy atom. The van der Waals surface area contributed by atoms with Crippen LogP contribution >= 0.6 is 0 Å². The van der Waals surface area contributed by atoms with E-state index < -0.39 is 5.60 Å². The van der Waals surface area contributed by atoms with Crippen LogP contribution in [0.3, 0.4) is 0 Å². The molecule has 0 radical (unpaired) electrons. The number of rotatable bonds is 9. The lowest BCUT2D eigenvalue weighted by Crippen LogP contribution is -2.36. The van der Waals surface area contributed by atoms with Crippen molar-refractivity contribution in [3.05, 3.63) is 77.7 Å². The number of carbonyl (C=O) groups excluding carboxylic acids is 2. The van der Waals surface area contributed by atoms with E-state index in [-0.39, 0.29) is 24.3 Å². The minimum atomic E-state index is -0.588. The molecular formula is C42H51N7O4. The zero-order chi connectivity index (χ0) is 37.1. The zero-order valence-electron chi connectivity index (χ0n) is 31.6. The minimum absolute atomic E-state index is 0.152. The Hall–Kier alpha value is -5.03. The Morgan fingerprint density at radius 3 is 2.47 bits per heavy atom. The number of ether oxygens (including phenoxy) is 2. The molecule has 1 aliphatic carbocycles. The van der Waals surface area contributed by atoms with Gasteiger partial charge >= 0.3 is 6.09 Å². The Kier molecular flexibility index (Phi) is 10.6. The second-order valence-corrected chi connectivity index (χ2v) is 15.3. The molecule has 1 aliphatic heterocycles. The van der Waals surface area contributed by atoms with E-state index in [1.54, 1.807) is 4.90 Å². The van der Waals surface area contributed by atoms with Crippen LogP contribution in [0.15, 0.2) is 60.9 Å². The predicted molar refractivity (Wildman–Crippen MR) is 206 cm³/mol. The van der Waals surface area contributed by atoms with Gasteiger partial charge in [-0.15, -0.1) is 0 Å². The fourth-order valence-corrected chi connectivity index (χ4v) is 7.44. The predicted octanol–water partition coefficient (Wildman–Crippen LogP) is 8.98. The summed E-state index contributed by atoms with van der Waals surface area (Å²) in [6.45, 7) is 11.2. The van der Waals surface area contributed by atoms with Crippen LogP contribution in [0.1, 0.15) is 107 Å². The van der Waals surface area contributed by atoms with E-state index in [2.05, 4.69) is 40.4 Å². The molecule has 5 aromatic rings. The van der Waals surface area contributed by atoms with E-state index in [0.29, 0.717) is 42.6 Å². The number of H-pyrrole nitrogens is 1. The lowest BCUT2D eigenvalue weighted by atomic mass is 9.95. The Bertz CT molecular complexity index is 2070. The number of aromatic amines is 1. The van der Waals surface area contributed by atoms with E-state index >= 15 is 0 Å². The number of imidazole rings is 1. The molecule has 11 heteroatoms. The third-order valence-electron chi connectivity index (χ3n) is 10.3. The molecule has 11 nitrogen and oxygen atoms in total. The summed E-state index contributed by atoms with van der Waals surface area (Å²) in [6.07, 6.45) is 11.5. The summed E-state index contributed by atoms with van der Waals surface area (Å²) in [4.78, 5) is 41.7. The summed E-state index contributed by atoms with van der Waals surface area (Å²) in [5, 5.41) is 9.35. The van der Waals surface area contributed by atoms with Crippen molar-refractivity contribution in [1.82, 2.24) is 34.9 Å². The van der Waals surface area contributed by atoms with Gasteiger partial charge in [0, 0.05) is 48.1 Å². The average Bonchev–Trinajstić information content (AvgIpc) is 3.77. The van der Waals surface area contributed by atoms with Crippen LogP contribution in [0.5, 0.6) is 0 Å². The van der Waals surface area contributed by atoms with Crippen molar-refractivity contribution in [3.8, 4) is 33.9 Å². The lowest BCUT2D eigenvalue weighted by Gasteiger charge is -2.27. The number of benzene rings is 2. The molecule has 2 amide bonds. The van der Waals surface area contributed by atoms with Gasteiger partial charge in [-0.1, -0.05) is 55.7 Å². The summed E-state index contributed by atoms with van der Waals surface area (Å²) < 4.78 is 13.9. The number of carbonyl (C=O) groups is 2. The number of fused-ring (bicyclic) bond motifs is 1. The Balaban J connectivity index is 1.31. The molecule has 3 aromatic heterocycles. The highest BCUT2D eigenvalue weighted by Crippen LogP contribution is 2.37. The SMILES string of the molecule is CCN(Cc1cncc(-c2ccc3c(c2)c(-c2nc(-c4ccccc4)c(C(=O)NC4CCCCC4)[nH]2)nn3C2CCCCO2)c1C)C(=O)OC(C)(C)C. The fourth-order valence-electron chi connectivity index (χ4n) is 7.44. The summed E-state index contributed by atoms with van der Waals surface area (Å²) >= 11 is 0. The summed E-state index contributed by atoms with van der Waals surface area (Å²) in [5.41, 5.74) is 6.74. The molecule has 7 rings (SSSR count). The molecule has 2 aromatic carbocycles. The first-order valence-corrected chi connectivity index (χ1v) is 19.1. The smallest absolute Gasteiger partial charge is 0.410 e. The van der Waals surface area contributed by atoms with E-state index in [4.69, 9.17) is 19.6 Å². The van der Waals surface area contributed by atoms with Crippen LogP contribution < -0.4 is 5.32 Å². The van der Waals surface area contributed by atoms with Gasteiger partial charge in [-0.25, -0.2) is 14.5 Å². The fraction of sp³-hybridized carbons (Fsp3) is 0.452. The van der Waals surface area contributed by atoms with Gasteiger partial charge in [0.05, 0.1) is 12.1 Å². The molecule has 2 N–H and O–H groups in total. The first kappa shape index (κ1) is 36.3. The maximum atomic E-state index is 13.9. The van der Waals surface area contributed by atoms with Gasteiger partial charge in [0.2, 0.25) is 0 Å². The molecule has 278 valence electrons. The van der Waals surface area contributed by atoms with E-state index in [0.717, 1.165) is 83.7 Å². The van der Waals surface area contributed by atoms with Crippen molar-refractivity contribution in [1.29, 1.82) is 0 Å². The Morgan fingerprint density at radius 2 is 1.75 bits per heavy atom. The number of amides is 2. The lowest BCUT2D eigenvalue weighted by molar-refractivity contribution is -0.0365. The highest BCUT2D eigenvalue weighted by atomic mass is 16.6. The summed E-state index contributed by atoms with van der Waals surface area (Å²) in [5.74, 6) is 0.370. The van der Waals surface area contributed by atoms with Crippen molar-refractivity contribution >= 4 is 22.9 Å². The van der Waals surface area contributed by atoms with Gasteiger partial charge in [-0.05, 0) is 95.5 Å². The Labute approximate surface area is 311 Å². The van der Waals surface area contributed by atoms with E-state index in [1.807, 2.05) is 75.1 Å². The standard InChI is InChI=1S/C42H51N7O4/c1-6-48(41(51)53-42(3,4)5)26-30-24-43-25-33(27(30)2)29-20-21-34-32(23-29)37(47-49(34)35-19-13-14-22-52-35)39-45-36(28-15-9-7-10-16-28)38(46-39)40(50)44-31-17-11-8-12-18-31/h7,9-10,15-16,20-21,23-25,31,35H,6,8,11-14,17-19,22,26H2,1-5H3,(H,44,50)(H,45,46). The average molecular weight is 718 g/mol. The topological polar surface area (TPSA) is 127 Å². The van der Waals surface area contributed by atoms with E-state index in [9.17, 15) is 9.59 Å². The van der Waals surface area contributed by atoms with Crippen LogP contribution in [0.2, 0.25) is 0 Å². The van der Waals surface area contributed by atoms with Gasteiger partial charge in [-0.3, -0.25) is 9.78 Å². The number of hydrogen-bond acceptors (Lipinski definition) is 7. The quantitative estimate of drug-likeness (QED) is 0.156. The maximum Gasteiger partial charge on any atom is 0.410 e. The normalized spacial score (nSPS) is 16.8. The molecule has 1 atom stereocenters. The van der Waals surface area contributed by atoms with Crippen LogP contribution in [0.25, 0.3) is 44.8 Å². The number of hydrogen-bond donors (Lipinski definition) is 2. The van der Waals surface area contributed by atoms with Crippen LogP contribution in [0, 0.1) is 6.92 Å². The first-order valence-electron chi connectivity index (χ1n) is 19.1. The molecule has 0 spiro atoms. The van der Waals surface area contributed by atoms with Gasteiger partial charge in [-0.2, -0.15) is 5.10 Å². The minimum Gasteiger partial charge on any atom is -0.444 e. The van der Waals surface area contributed by atoms with Gasteiger partial charge in [0.25, 0.3) is 5.91 Å². The number of aromatic nitrogens is 5. The van der Waals surface area contributed by atoms with E-state index in [1.165, 1.54) is 6.42 Å². The molecule has 1 saturated carbocycles. The highest BCUT2D eigenvalue weighted by Gasteiger charge is 2.28. The summed E-state index contributed by atoms with van der Waals surface area (Å²) in [6, 6.07) is 16.3. The molecule has 1 unspecified atom stereocenters. The largest absolute Gasteiger partial charge is 0.444 e. The third-order valence-corrected chi connectivity index (χ3v) is 10.3. The zero-order valence-corrected chi connectivity index (χ0v) is 31.6. The summed E-state index contributed by atoms with van der Waals surface area (Å²) in [7, 11) is 0. The molecule has 0 bridgehead atoms. The van der Waals surface area contributed by atoms with Crippen molar-refractivity contribution in [3.63, 3.8) is 0 Å². The number of pyridine rings is 1. The van der Waals surface area contributed by atoms with Crippen molar-refractivity contribution in [2.75, 3.05) is 13.2 Å². The van der Waals surface area contributed by atoms with Crippen molar-refractivity contribution in [2.24, 2.45) is 0 Å². The monoisotopic (exact) mass is 717 g/mol.